The number of amides is 1. The average Bonchev–Trinajstić information content (AvgIpc) is 3.11. The third-order valence-corrected chi connectivity index (χ3v) is 4.51. The molecule has 1 aliphatic heterocycles. The molecule has 128 valence electrons. The van der Waals surface area contributed by atoms with Gasteiger partial charge in [0.05, 0.1) is 11.6 Å². The number of rotatable bonds is 6. The molecule has 7 heteroatoms. The van der Waals surface area contributed by atoms with Gasteiger partial charge in [0.25, 0.3) is 0 Å². The summed E-state index contributed by atoms with van der Waals surface area (Å²) < 4.78 is 1.71. The summed E-state index contributed by atoms with van der Waals surface area (Å²) in [6, 6.07) is 9.73. The van der Waals surface area contributed by atoms with E-state index in [0.29, 0.717) is 32.4 Å². The maximum atomic E-state index is 12.5. The van der Waals surface area contributed by atoms with Crippen LogP contribution < -0.4 is 10.6 Å². The predicted octanol–water partition coefficient (Wildman–Crippen LogP) is 0.424. The number of piperidine rings is 1. The van der Waals surface area contributed by atoms with Crippen molar-refractivity contribution in [2.24, 2.45) is 0 Å². The molecule has 0 aliphatic carbocycles. The summed E-state index contributed by atoms with van der Waals surface area (Å²) in [6.45, 7) is 1.87. The van der Waals surface area contributed by atoms with Gasteiger partial charge < -0.3 is 15.7 Å². The van der Waals surface area contributed by atoms with Gasteiger partial charge in [-0.05, 0) is 24.9 Å². The van der Waals surface area contributed by atoms with Crippen molar-refractivity contribution < 1.29 is 9.90 Å². The summed E-state index contributed by atoms with van der Waals surface area (Å²) in [6.07, 6.45) is 4.18. The van der Waals surface area contributed by atoms with E-state index >= 15 is 0 Å². The van der Waals surface area contributed by atoms with E-state index in [9.17, 15) is 9.90 Å². The molecule has 0 bridgehead atoms. The topological polar surface area (TPSA) is 92.1 Å². The molecule has 2 atom stereocenters. The summed E-state index contributed by atoms with van der Waals surface area (Å²) in [5.74, 6) is -0.0556. The van der Waals surface area contributed by atoms with Gasteiger partial charge in [-0.15, -0.1) is 0 Å². The molecular weight excluding hydrogens is 306 g/mol. The number of aliphatic hydroxyl groups is 1. The number of carbonyl (C=O) groups is 1. The third-order valence-electron chi connectivity index (χ3n) is 4.51. The molecule has 3 N–H and O–H groups in total. The van der Waals surface area contributed by atoms with Gasteiger partial charge in [0.2, 0.25) is 5.91 Å². The van der Waals surface area contributed by atoms with E-state index in [-0.39, 0.29) is 5.91 Å². The maximum absolute atomic E-state index is 12.5. The van der Waals surface area contributed by atoms with Crippen LogP contribution in [0.25, 0.3) is 0 Å². The molecule has 1 amide bonds. The molecular formula is C17H23N5O2. The molecule has 0 spiro atoms. The van der Waals surface area contributed by atoms with Crippen molar-refractivity contribution in [3.05, 3.63) is 48.5 Å². The van der Waals surface area contributed by atoms with Gasteiger partial charge >= 0.3 is 0 Å². The normalized spacial score (nSPS) is 23.8. The fraction of sp³-hybridized carbons (Fsp3) is 0.471. The van der Waals surface area contributed by atoms with Crippen LogP contribution >= 0.6 is 0 Å². The lowest BCUT2D eigenvalue weighted by atomic mass is 9.79. The molecule has 1 fully saturated rings. The molecule has 3 rings (SSSR count). The van der Waals surface area contributed by atoms with Gasteiger partial charge in [-0.3, -0.25) is 9.48 Å². The number of hydrogen-bond acceptors (Lipinski definition) is 5. The lowest BCUT2D eigenvalue weighted by molar-refractivity contribution is -0.126. The zero-order valence-electron chi connectivity index (χ0n) is 13.6. The van der Waals surface area contributed by atoms with Crippen molar-refractivity contribution >= 4 is 5.91 Å². The fourth-order valence-electron chi connectivity index (χ4n) is 3.22. The second-order valence-corrected chi connectivity index (χ2v) is 6.12. The smallest absolute Gasteiger partial charge is 0.220 e. The molecule has 1 aliphatic rings. The minimum Gasteiger partial charge on any atom is -0.389 e. The Kier molecular flexibility index (Phi) is 5.22. The summed E-state index contributed by atoms with van der Waals surface area (Å²) in [5, 5.41) is 20.9. The van der Waals surface area contributed by atoms with E-state index in [1.54, 1.807) is 11.0 Å². The van der Waals surface area contributed by atoms with Crippen molar-refractivity contribution in [2.45, 2.75) is 37.5 Å². The Balaban J connectivity index is 1.66. The second-order valence-electron chi connectivity index (χ2n) is 6.12. The number of carbonyl (C=O) groups excluding carboxylic acids is 1. The summed E-state index contributed by atoms with van der Waals surface area (Å²) in [7, 11) is 0. The van der Waals surface area contributed by atoms with Crippen LogP contribution in [0, 0.1) is 0 Å². The van der Waals surface area contributed by atoms with Crippen molar-refractivity contribution in [1.29, 1.82) is 0 Å². The zero-order chi connectivity index (χ0) is 16.8. The number of aromatic nitrogens is 3. The Hall–Kier alpha value is -2.25. The highest BCUT2D eigenvalue weighted by molar-refractivity contribution is 5.77. The first kappa shape index (κ1) is 16.6. The average molecular weight is 329 g/mol. The van der Waals surface area contributed by atoms with Gasteiger partial charge in [-0.25, -0.2) is 4.98 Å². The lowest BCUT2D eigenvalue weighted by Crippen LogP contribution is -2.61. The minimum atomic E-state index is -0.725. The predicted molar refractivity (Wildman–Crippen MR) is 89.0 cm³/mol. The number of β-amino-alcohol motifs (C(OH)–C–C–N with tert-alkyl or cyclic N) is 1. The summed E-state index contributed by atoms with van der Waals surface area (Å²) in [4.78, 5) is 16.4. The molecule has 2 aromatic rings. The number of nitrogens with one attached hydrogen (secondary N) is 2. The molecule has 0 radical (unpaired) electrons. The summed E-state index contributed by atoms with van der Waals surface area (Å²) >= 11 is 0. The Morgan fingerprint density at radius 3 is 2.96 bits per heavy atom. The molecule has 1 aromatic carbocycles. The zero-order valence-corrected chi connectivity index (χ0v) is 13.6. The van der Waals surface area contributed by atoms with Crippen LogP contribution in [0.2, 0.25) is 0 Å². The van der Waals surface area contributed by atoms with E-state index in [4.69, 9.17) is 0 Å². The monoisotopic (exact) mass is 329 g/mol. The number of aliphatic hydroxyl groups excluding tert-OH is 1. The van der Waals surface area contributed by atoms with Crippen LogP contribution in [-0.2, 0) is 16.9 Å². The Bertz CT molecular complexity index is 646. The molecule has 0 saturated carbocycles. The number of benzene rings is 1. The maximum Gasteiger partial charge on any atom is 0.220 e. The van der Waals surface area contributed by atoms with Crippen LogP contribution in [0.3, 0.4) is 0 Å². The fourth-order valence-corrected chi connectivity index (χ4v) is 3.22. The first-order valence-corrected chi connectivity index (χ1v) is 8.28. The quantitative estimate of drug-likeness (QED) is 0.714. The lowest BCUT2D eigenvalue weighted by Gasteiger charge is -2.43. The molecule has 24 heavy (non-hydrogen) atoms. The molecule has 1 saturated heterocycles. The SMILES string of the molecule is O=C(CCCn1cncn1)N[C@]1(c2ccccc2)CCNC[C@H]1O. The Morgan fingerprint density at radius 2 is 2.25 bits per heavy atom. The Morgan fingerprint density at radius 1 is 1.42 bits per heavy atom. The number of nitrogens with zero attached hydrogens (tertiary/aromatic N) is 3. The van der Waals surface area contributed by atoms with Crippen LogP contribution in [0.4, 0.5) is 0 Å². The highest BCUT2D eigenvalue weighted by Crippen LogP contribution is 2.31. The first-order valence-electron chi connectivity index (χ1n) is 8.28. The molecule has 1 aromatic heterocycles. The first-order chi connectivity index (χ1) is 11.7. The van der Waals surface area contributed by atoms with E-state index in [0.717, 1.165) is 12.1 Å². The van der Waals surface area contributed by atoms with Gasteiger partial charge in [-0.1, -0.05) is 30.3 Å². The molecule has 0 unspecified atom stereocenters. The Labute approximate surface area is 141 Å². The highest BCUT2D eigenvalue weighted by Gasteiger charge is 2.42. The number of aryl methyl sites for hydroxylation is 1. The van der Waals surface area contributed by atoms with E-state index in [2.05, 4.69) is 20.7 Å². The van der Waals surface area contributed by atoms with Gasteiger partial charge in [-0.2, -0.15) is 5.10 Å². The van der Waals surface area contributed by atoms with Crippen molar-refractivity contribution in [3.63, 3.8) is 0 Å². The molecule has 7 nitrogen and oxygen atoms in total. The van der Waals surface area contributed by atoms with Crippen molar-refractivity contribution in [1.82, 2.24) is 25.4 Å². The van der Waals surface area contributed by atoms with Crippen LogP contribution in [-0.4, -0.2) is 45.0 Å². The number of hydrogen-bond donors (Lipinski definition) is 3. The van der Waals surface area contributed by atoms with Gasteiger partial charge in [0.1, 0.15) is 12.7 Å². The van der Waals surface area contributed by atoms with Crippen molar-refractivity contribution in [2.75, 3.05) is 13.1 Å². The van der Waals surface area contributed by atoms with Gasteiger partial charge in [0.15, 0.2) is 0 Å². The highest BCUT2D eigenvalue weighted by atomic mass is 16.3. The van der Waals surface area contributed by atoms with Crippen molar-refractivity contribution in [3.8, 4) is 0 Å². The van der Waals surface area contributed by atoms with Crippen LogP contribution in [0.1, 0.15) is 24.8 Å². The molecule has 2 heterocycles. The van der Waals surface area contributed by atoms with E-state index < -0.39 is 11.6 Å². The minimum absolute atomic E-state index is 0.0556. The second kappa shape index (κ2) is 7.55. The van der Waals surface area contributed by atoms with Crippen LogP contribution in [0.5, 0.6) is 0 Å². The largest absolute Gasteiger partial charge is 0.389 e. The third kappa shape index (κ3) is 3.63. The van der Waals surface area contributed by atoms with E-state index in [1.807, 2.05) is 30.3 Å². The summed E-state index contributed by atoms with van der Waals surface area (Å²) in [5.41, 5.74) is 0.222. The standard InChI is InChI=1S/C17H23N5O2/c23-15-11-18-9-8-17(15,14-5-2-1-3-6-14)21-16(24)7-4-10-22-13-19-12-20-22/h1-3,5-6,12-13,15,18,23H,4,7-11H2,(H,21,24)/t15-,17+/m1/s1. The van der Waals surface area contributed by atoms with E-state index in [1.165, 1.54) is 6.33 Å². The van der Waals surface area contributed by atoms with Gasteiger partial charge in [0, 0.05) is 19.5 Å². The van der Waals surface area contributed by atoms with Crippen LogP contribution in [0.15, 0.2) is 43.0 Å².